The van der Waals surface area contributed by atoms with Gasteiger partial charge in [0.1, 0.15) is 0 Å². The van der Waals surface area contributed by atoms with Gasteiger partial charge in [0, 0.05) is 25.2 Å². The number of amides is 2. The van der Waals surface area contributed by atoms with Gasteiger partial charge in [0.15, 0.2) is 0 Å². The summed E-state index contributed by atoms with van der Waals surface area (Å²) in [6.07, 6.45) is 2.26. The molecule has 1 saturated heterocycles. The van der Waals surface area contributed by atoms with Crippen LogP contribution in [0.25, 0.3) is 0 Å². The molecule has 1 aliphatic rings. The Morgan fingerprint density at radius 1 is 1.53 bits per heavy atom. The lowest BCUT2D eigenvalue weighted by atomic mass is 10.2. The molecule has 0 aromatic carbocycles. The Kier molecular flexibility index (Phi) is 4.39. The molecule has 1 rings (SSSR count). The number of carbonyl (C=O) groups excluding carboxylic acids is 1. The summed E-state index contributed by atoms with van der Waals surface area (Å²) < 4.78 is 0. The van der Waals surface area contributed by atoms with Gasteiger partial charge in [0.2, 0.25) is 0 Å². The highest BCUT2D eigenvalue weighted by Crippen LogP contribution is 2.17. The van der Waals surface area contributed by atoms with Gasteiger partial charge in [0.05, 0.1) is 0 Å². The number of likely N-dealkylation sites (N-methyl/N-ethyl adjacent to an activating group) is 1. The van der Waals surface area contributed by atoms with E-state index in [9.17, 15) is 4.79 Å². The topological polar surface area (TPSA) is 35.6 Å². The number of nitrogens with zero attached hydrogens (tertiary/aromatic N) is 2. The first-order chi connectivity index (χ1) is 7.00. The first-order valence-electron chi connectivity index (χ1n) is 5.72. The zero-order valence-electron chi connectivity index (χ0n) is 10.3. The zero-order chi connectivity index (χ0) is 11.4. The molecule has 1 fully saturated rings. The van der Waals surface area contributed by atoms with E-state index in [1.165, 1.54) is 0 Å². The van der Waals surface area contributed by atoms with Crippen LogP contribution in [0.2, 0.25) is 0 Å². The average molecular weight is 213 g/mol. The Bertz CT molecular complexity index is 216. The van der Waals surface area contributed by atoms with E-state index in [1.54, 1.807) is 0 Å². The highest BCUT2D eigenvalue weighted by molar-refractivity contribution is 5.75. The second-order valence-corrected chi connectivity index (χ2v) is 4.86. The van der Waals surface area contributed by atoms with E-state index in [0.717, 1.165) is 25.9 Å². The molecule has 0 aromatic heterocycles. The van der Waals surface area contributed by atoms with E-state index in [0.29, 0.717) is 6.04 Å². The fraction of sp³-hybridized carbons (Fsp3) is 0.909. The summed E-state index contributed by atoms with van der Waals surface area (Å²) in [6, 6.07) is 0.700. The summed E-state index contributed by atoms with van der Waals surface area (Å²) in [4.78, 5) is 16.0. The van der Waals surface area contributed by atoms with Crippen molar-refractivity contribution in [2.75, 3.05) is 27.2 Å². The molecule has 1 unspecified atom stereocenters. The third-order valence-electron chi connectivity index (χ3n) is 2.63. The average Bonchev–Trinajstić information content (AvgIpc) is 2.49. The Morgan fingerprint density at radius 2 is 2.20 bits per heavy atom. The molecule has 0 bridgehead atoms. The second-order valence-electron chi connectivity index (χ2n) is 4.86. The van der Waals surface area contributed by atoms with E-state index >= 15 is 0 Å². The van der Waals surface area contributed by atoms with Crippen LogP contribution in [0, 0.1) is 0 Å². The molecule has 0 saturated carbocycles. The van der Waals surface area contributed by atoms with Crippen LogP contribution in [0.1, 0.15) is 26.7 Å². The van der Waals surface area contributed by atoms with E-state index in [4.69, 9.17) is 0 Å². The Morgan fingerprint density at radius 3 is 2.73 bits per heavy atom. The zero-order valence-corrected chi connectivity index (χ0v) is 10.3. The predicted octanol–water partition coefficient (Wildman–Crippen LogP) is 1.13. The van der Waals surface area contributed by atoms with Crippen LogP contribution in [0.5, 0.6) is 0 Å². The van der Waals surface area contributed by atoms with Crippen molar-refractivity contribution >= 4 is 6.03 Å². The van der Waals surface area contributed by atoms with Gasteiger partial charge in [-0.3, -0.25) is 0 Å². The molecule has 4 heteroatoms. The lowest BCUT2D eigenvalue weighted by molar-refractivity contribution is 0.178. The van der Waals surface area contributed by atoms with Crippen LogP contribution in [0.15, 0.2) is 0 Å². The summed E-state index contributed by atoms with van der Waals surface area (Å²) in [7, 11) is 4.10. The van der Waals surface area contributed by atoms with Crippen molar-refractivity contribution < 1.29 is 4.79 Å². The van der Waals surface area contributed by atoms with Gasteiger partial charge >= 0.3 is 6.03 Å². The third-order valence-corrected chi connectivity index (χ3v) is 2.63. The third kappa shape index (κ3) is 3.70. The summed E-state index contributed by atoms with van der Waals surface area (Å²) in [5.41, 5.74) is 0. The summed E-state index contributed by atoms with van der Waals surface area (Å²) in [5.74, 6) is 0. The quantitative estimate of drug-likeness (QED) is 0.763. The van der Waals surface area contributed by atoms with Crippen molar-refractivity contribution in [3.8, 4) is 0 Å². The molecular formula is C11H23N3O. The van der Waals surface area contributed by atoms with Crippen LogP contribution in [0.3, 0.4) is 0 Å². The van der Waals surface area contributed by atoms with Crippen LogP contribution in [-0.4, -0.2) is 55.1 Å². The van der Waals surface area contributed by atoms with Gasteiger partial charge in [-0.1, -0.05) is 0 Å². The number of urea groups is 1. The molecule has 1 atom stereocenters. The minimum atomic E-state index is 0.0920. The van der Waals surface area contributed by atoms with Crippen molar-refractivity contribution in [2.45, 2.75) is 38.8 Å². The second kappa shape index (κ2) is 5.35. The number of likely N-dealkylation sites (tertiary alicyclic amines) is 1. The summed E-state index contributed by atoms with van der Waals surface area (Å²) in [5, 5.41) is 2.96. The first kappa shape index (κ1) is 12.3. The molecule has 1 aliphatic heterocycles. The minimum Gasteiger partial charge on any atom is -0.336 e. The van der Waals surface area contributed by atoms with Gasteiger partial charge in [0.25, 0.3) is 0 Å². The smallest absolute Gasteiger partial charge is 0.317 e. The van der Waals surface area contributed by atoms with Gasteiger partial charge in [-0.2, -0.15) is 0 Å². The molecule has 88 valence electrons. The predicted molar refractivity (Wildman–Crippen MR) is 61.9 cm³/mol. The number of carbonyl (C=O) groups is 1. The van der Waals surface area contributed by atoms with Crippen molar-refractivity contribution in [2.24, 2.45) is 0 Å². The SMILES string of the molecule is CC(C)NC(=O)N1CCCC1CN(C)C. The van der Waals surface area contributed by atoms with Crippen LogP contribution in [-0.2, 0) is 0 Å². The maximum absolute atomic E-state index is 11.8. The fourth-order valence-corrected chi connectivity index (χ4v) is 2.04. The standard InChI is InChI=1S/C11H23N3O/c1-9(2)12-11(15)14-7-5-6-10(14)8-13(3)4/h9-10H,5-8H2,1-4H3,(H,12,15). The van der Waals surface area contributed by atoms with Gasteiger partial charge in [-0.05, 0) is 40.8 Å². The number of rotatable bonds is 3. The minimum absolute atomic E-state index is 0.0920. The lowest BCUT2D eigenvalue weighted by Gasteiger charge is -2.28. The van der Waals surface area contributed by atoms with Crippen molar-refractivity contribution in [1.29, 1.82) is 0 Å². The van der Waals surface area contributed by atoms with E-state index < -0.39 is 0 Å². The van der Waals surface area contributed by atoms with Gasteiger partial charge in [-0.15, -0.1) is 0 Å². The number of nitrogens with one attached hydrogen (secondary N) is 1. The molecule has 0 radical (unpaired) electrons. The van der Waals surface area contributed by atoms with Gasteiger partial charge in [-0.25, -0.2) is 4.79 Å². The van der Waals surface area contributed by atoms with E-state index in [1.807, 2.05) is 18.7 Å². The normalized spacial score (nSPS) is 21.5. The molecule has 2 amide bonds. The monoisotopic (exact) mass is 213 g/mol. The summed E-state index contributed by atoms with van der Waals surface area (Å²) >= 11 is 0. The molecule has 0 aromatic rings. The number of hydrogen-bond donors (Lipinski definition) is 1. The maximum Gasteiger partial charge on any atom is 0.317 e. The van der Waals surface area contributed by atoms with Crippen LogP contribution < -0.4 is 5.32 Å². The molecule has 0 aliphatic carbocycles. The van der Waals surface area contributed by atoms with Crippen molar-refractivity contribution in [3.05, 3.63) is 0 Å². The van der Waals surface area contributed by atoms with Gasteiger partial charge < -0.3 is 15.1 Å². The lowest BCUT2D eigenvalue weighted by Crippen LogP contribution is -2.48. The highest BCUT2D eigenvalue weighted by Gasteiger charge is 2.28. The molecule has 15 heavy (non-hydrogen) atoms. The Labute approximate surface area is 92.6 Å². The van der Waals surface area contributed by atoms with Crippen molar-refractivity contribution in [1.82, 2.24) is 15.1 Å². The highest BCUT2D eigenvalue weighted by atomic mass is 16.2. The fourth-order valence-electron chi connectivity index (χ4n) is 2.04. The summed E-state index contributed by atoms with van der Waals surface area (Å²) in [6.45, 7) is 5.85. The Balaban J connectivity index is 2.48. The molecule has 4 nitrogen and oxygen atoms in total. The van der Waals surface area contributed by atoms with Crippen molar-refractivity contribution in [3.63, 3.8) is 0 Å². The van der Waals surface area contributed by atoms with Crippen LogP contribution in [0.4, 0.5) is 4.79 Å². The molecular weight excluding hydrogens is 190 g/mol. The molecule has 1 heterocycles. The molecule has 0 spiro atoms. The number of hydrogen-bond acceptors (Lipinski definition) is 2. The largest absolute Gasteiger partial charge is 0.336 e. The van der Waals surface area contributed by atoms with E-state index in [-0.39, 0.29) is 12.1 Å². The van der Waals surface area contributed by atoms with Crippen LogP contribution >= 0.6 is 0 Å². The first-order valence-corrected chi connectivity index (χ1v) is 5.72. The Hall–Kier alpha value is -0.770. The molecule has 1 N–H and O–H groups in total. The van der Waals surface area contributed by atoms with E-state index in [2.05, 4.69) is 24.3 Å². The maximum atomic E-state index is 11.8.